The average molecular weight is 109 g/mol. The van der Waals surface area contributed by atoms with Crippen LogP contribution in [0.3, 0.4) is 0 Å². The molecular weight excluding hydrogens is 96.1 g/mol. The van der Waals surface area contributed by atoms with Gasteiger partial charge < -0.3 is 0 Å². The van der Waals surface area contributed by atoms with Crippen molar-refractivity contribution in [2.24, 2.45) is 0 Å². The second-order valence-corrected chi connectivity index (χ2v) is 1.87. The Morgan fingerprint density at radius 1 is 1.50 bits per heavy atom. The van der Waals surface area contributed by atoms with Crippen LogP contribution in [0.2, 0.25) is 0 Å². The highest BCUT2D eigenvalue weighted by Gasteiger charge is 1.82. The minimum Gasteiger partial charge on any atom is -0.120 e. The van der Waals surface area contributed by atoms with Crippen LogP contribution in [0.5, 0.6) is 0 Å². The lowest BCUT2D eigenvalue weighted by molar-refractivity contribution is 0.719. The van der Waals surface area contributed by atoms with E-state index in [2.05, 4.69) is 12.8 Å². The van der Waals surface area contributed by atoms with Gasteiger partial charge in [0.25, 0.3) is 0 Å². The summed E-state index contributed by atoms with van der Waals surface area (Å²) in [6.45, 7) is 2.19. The zero-order valence-electron chi connectivity index (χ0n) is 5.48. The Labute approximate surface area is 52.3 Å². The van der Waals surface area contributed by atoms with Crippen molar-refractivity contribution in [3.8, 4) is 12.3 Å². The highest BCUT2D eigenvalue weighted by atomic mass is 13.9. The van der Waals surface area contributed by atoms with E-state index in [0.29, 0.717) is 0 Å². The summed E-state index contributed by atoms with van der Waals surface area (Å²) in [5.74, 6) is 2.50. The molecule has 0 aliphatic rings. The van der Waals surface area contributed by atoms with Crippen LogP contribution in [0.1, 0.15) is 32.6 Å². The normalized spacial score (nSPS) is 8.50. The molecule has 0 atom stereocenters. The van der Waals surface area contributed by atoms with Gasteiger partial charge in [0.05, 0.1) is 0 Å². The van der Waals surface area contributed by atoms with Crippen LogP contribution in [0, 0.1) is 18.8 Å². The molecule has 0 spiro atoms. The molecule has 1 radical (unpaired) electrons. The van der Waals surface area contributed by atoms with E-state index in [1.807, 2.05) is 6.42 Å². The summed E-state index contributed by atoms with van der Waals surface area (Å²) >= 11 is 0. The molecule has 0 rings (SSSR count). The molecule has 0 aliphatic carbocycles. The second-order valence-electron chi connectivity index (χ2n) is 1.87. The van der Waals surface area contributed by atoms with Gasteiger partial charge in [-0.2, -0.15) is 0 Å². The molecule has 0 aromatic carbocycles. The monoisotopic (exact) mass is 109 g/mol. The van der Waals surface area contributed by atoms with E-state index in [-0.39, 0.29) is 0 Å². The van der Waals surface area contributed by atoms with Crippen molar-refractivity contribution in [1.82, 2.24) is 0 Å². The van der Waals surface area contributed by atoms with Gasteiger partial charge in [-0.1, -0.05) is 26.2 Å². The summed E-state index contributed by atoms with van der Waals surface area (Å²) in [4.78, 5) is 0. The first kappa shape index (κ1) is 7.56. The van der Waals surface area contributed by atoms with Crippen LogP contribution in [-0.4, -0.2) is 0 Å². The summed E-state index contributed by atoms with van der Waals surface area (Å²) in [5.41, 5.74) is 0. The van der Waals surface area contributed by atoms with E-state index in [1.165, 1.54) is 19.3 Å². The van der Waals surface area contributed by atoms with Crippen molar-refractivity contribution in [2.75, 3.05) is 0 Å². The molecule has 0 fully saturated rings. The average Bonchev–Trinajstić information content (AvgIpc) is 1.81. The quantitative estimate of drug-likeness (QED) is 0.384. The maximum atomic E-state index is 5.01. The maximum absolute atomic E-state index is 5.01. The van der Waals surface area contributed by atoms with Crippen LogP contribution >= 0.6 is 0 Å². The number of terminal acetylenes is 1. The standard InChI is InChI=1S/C8H13/c1-3-5-7-8-6-4-2/h1,5H,4,6-8H2,2H3. The van der Waals surface area contributed by atoms with Crippen LogP contribution < -0.4 is 0 Å². The van der Waals surface area contributed by atoms with Gasteiger partial charge in [0.2, 0.25) is 0 Å². The lowest BCUT2D eigenvalue weighted by Crippen LogP contribution is -1.73. The Hall–Kier alpha value is -0.440. The van der Waals surface area contributed by atoms with Gasteiger partial charge in [0, 0.05) is 6.42 Å². The fourth-order valence-electron chi connectivity index (χ4n) is 0.580. The summed E-state index contributed by atoms with van der Waals surface area (Å²) < 4.78 is 0. The van der Waals surface area contributed by atoms with Gasteiger partial charge in [-0.25, -0.2) is 0 Å². The Balaban J connectivity index is 2.65. The number of hydrogen-bond acceptors (Lipinski definition) is 0. The predicted octanol–water partition coefficient (Wildman–Crippen LogP) is 2.40. The van der Waals surface area contributed by atoms with Crippen molar-refractivity contribution >= 4 is 0 Å². The number of hydrogen-bond donors (Lipinski definition) is 0. The molecule has 0 bridgehead atoms. The van der Waals surface area contributed by atoms with Crippen molar-refractivity contribution in [3.63, 3.8) is 0 Å². The first-order valence-electron chi connectivity index (χ1n) is 3.19. The molecule has 0 saturated carbocycles. The van der Waals surface area contributed by atoms with Crippen LogP contribution in [-0.2, 0) is 0 Å². The third-order valence-electron chi connectivity index (χ3n) is 1.07. The molecule has 0 aromatic heterocycles. The predicted molar refractivity (Wildman–Crippen MR) is 37.3 cm³/mol. The molecule has 0 aromatic rings. The first-order chi connectivity index (χ1) is 3.91. The second kappa shape index (κ2) is 6.56. The van der Waals surface area contributed by atoms with Crippen LogP contribution in [0.15, 0.2) is 0 Å². The largest absolute Gasteiger partial charge is 0.120 e. The lowest BCUT2D eigenvalue weighted by Gasteiger charge is -1.90. The highest BCUT2D eigenvalue weighted by molar-refractivity contribution is 4.99. The fourth-order valence-corrected chi connectivity index (χ4v) is 0.580. The van der Waals surface area contributed by atoms with Crippen molar-refractivity contribution in [3.05, 3.63) is 6.42 Å². The van der Waals surface area contributed by atoms with Crippen molar-refractivity contribution < 1.29 is 0 Å². The highest BCUT2D eigenvalue weighted by Crippen LogP contribution is 1.99. The molecule has 0 aliphatic heterocycles. The number of rotatable bonds is 4. The van der Waals surface area contributed by atoms with E-state index in [0.717, 1.165) is 6.42 Å². The van der Waals surface area contributed by atoms with Gasteiger partial charge in [-0.3, -0.25) is 0 Å². The van der Waals surface area contributed by atoms with Gasteiger partial charge in [0.15, 0.2) is 0 Å². The SMILES string of the molecule is C#C[CH]CCCCC. The lowest BCUT2D eigenvalue weighted by atomic mass is 10.2. The molecular formula is C8H13. The van der Waals surface area contributed by atoms with Crippen molar-refractivity contribution in [1.29, 1.82) is 0 Å². The number of unbranched alkanes of at least 4 members (excludes halogenated alkanes) is 4. The Bertz CT molecular complexity index is 66.6. The minimum atomic E-state index is 1.09. The third kappa shape index (κ3) is 5.56. The summed E-state index contributed by atoms with van der Waals surface area (Å²) in [5, 5.41) is 0. The zero-order chi connectivity index (χ0) is 6.24. The molecule has 0 heteroatoms. The molecule has 0 unspecified atom stereocenters. The molecule has 0 nitrogen and oxygen atoms in total. The smallest absolute Gasteiger partial charge is 0.0337 e. The summed E-state index contributed by atoms with van der Waals surface area (Å²) in [6, 6.07) is 0. The molecule has 0 amide bonds. The van der Waals surface area contributed by atoms with E-state index >= 15 is 0 Å². The summed E-state index contributed by atoms with van der Waals surface area (Å²) in [6.07, 6.45) is 11.8. The third-order valence-corrected chi connectivity index (χ3v) is 1.07. The molecule has 0 saturated heterocycles. The molecule has 45 valence electrons. The Kier molecular flexibility index (Phi) is 6.20. The van der Waals surface area contributed by atoms with E-state index < -0.39 is 0 Å². The Morgan fingerprint density at radius 3 is 2.75 bits per heavy atom. The molecule has 8 heavy (non-hydrogen) atoms. The van der Waals surface area contributed by atoms with Gasteiger partial charge >= 0.3 is 0 Å². The first-order valence-corrected chi connectivity index (χ1v) is 3.19. The van der Waals surface area contributed by atoms with E-state index in [4.69, 9.17) is 6.42 Å². The maximum Gasteiger partial charge on any atom is 0.0337 e. The molecule has 0 N–H and O–H groups in total. The van der Waals surface area contributed by atoms with E-state index in [9.17, 15) is 0 Å². The van der Waals surface area contributed by atoms with Gasteiger partial charge in [0.1, 0.15) is 0 Å². The van der Waals surface area contributed by atoms with Crippen molar-refractivity contribution in [2.45, 2.75) is 32.6 Å². The van der Waals surface area contributed by atoms with Gasteiger partial charge in [-0.05, 0) is 6.42 Å². The van der Waals surface area contributed by atoms with Crippen LogP contribution in [0.4, 0.5) is 0 Å². The van der Waals surface area contributed by atoms with Gasteiger partial charge in [-0.15, -0.1) is 12.3 Å². The molecule has 0 heterocycles. The minimum absolute atomic E-state index is 1.09. The van der Waals surface area contributed by atoms with E-state index in [1.54, 1.807) is 0 Å². The zero-order valence-corrected chi connectivity index (χ0v) is 5.48. The summed E-state index contributed by atoms with van der Waals surface area (Å²) in [7, 11) is 0. The topological polar surface area (TPSA) is 0 Å². The van der Waals surface area contributed by atoms with Crippen LogP contribution in [0.25, 0.3) is 0 Å². The Morgan fingerprint density at radius 2 is 2.25 bits per heavy atom. The fraction of sp³-hybridized carbons (Fsp3) is 0.625.